The maximum absolute atomic E-state index is 13.0. The highest BCUT2D eigenvalue weighted by Crippen LogP contribution is 2.25. The quantitative estimate of drug-likeness (QED) is 0.851. The molecule has 17 heavy (non-hydrogen) atoms. The van der Waals surface area contributed by atoms with E-state index in [9.17, 15) is 9.30 Å². The molecule has 0 fully saturated rings. The van der Waals surface area contributed by atoms with E-state index in [0.29, 0.717) is 16.5 Å². The summed E-state index contributed by atoms with van der Waals surface area (Å²) in [5.74, 6) is 0.0937. The van der Waals surface area contributed by atoms with Crippen molar-refractivity contribution in [2.75, 3.05) is 5.32 Å². The Labute approximate surface area is 101 Å². The Balaban J connectivity index is 2.30. The molecule has 2 rings (SSSR count). The first-order valence-corrected chi connectivity index (χ1v) is 5.14. The Kier molecular flexibility index (Phi) is 3.30. The maximum Gasteiger partial charge on any atom is 0.279 e. The van der Waals surface area contributed by atoms with Crippen LogP contribution in [0.1, 0.15) is 0 Å². The van der Waals surface area contributed by atoms with Crippen LogP contribution in [0.5, 0.6) is 0 Å². The summed E-state index contributed by atoms with van der Waals surface area (Å²) in [5.41, 5.74) is 0.671. The first-order valence-electron chi connectivity index (χ1n) is 4.76. The van der Waals surface area contributed by atoms with Crippen LogP contribution in [0.4, 0.5) is 21.6 Å². The van der Waals surface area contributed by atoms with E-state index in [1.165, 1.54) is 30.3 Å². The summed E-state index contributed by atoms with van der Waals surface area (Å²) in [7, 11) is 0. The zero-order valence-electron chi connectivity index (χ0n) is 8.58. The van der Waals surface area contributed by atoms with Crippen LogP contribution in [0.2, 0.25) is 5.02 Å². The van der Waals surface area contributed by atoms with Gasteiger partial charge in [0.2, 0.25) is 0 Å². The minimum Gasteiger partial charge on any atom is -0.247 e. The van der Waals surface area contributed by atoms with Gasteiger partial charge < -0.3 is 0 Å². The van der Waals surface area contributed by atoms with Crippen molar-refractivity contribution in [1.82, 2.24) is 0 Å². The molecule has 1 heterocycles. The summed E-state index contributed by atoms with van der Waals surface area (Å²) in [5, 5.41) is 6.04. The number of halogens is 2. The molecule has 0 atom stereocenters. The summed E-state index contributed by atoms with van der Waals surface area (Å²) >= 11 is 5.89. The standard InChI is InChI=1S/C11H7ClFN3O/c12-9-2-1-7(13)5-10(9)15-11-6-8(16-17)3-4-14-11/h1-6H,(H,14,15)/p+1. The lowest BCUT2D eigenvalue weighted by Gasteiger charge is -2.01. The van der Waals surface area contributed by atoms with Gasteiger partial charge in [-0.05, 0) is 17.3 Å². The summed E-state index contributed by atoms with van der Waals surface area (Å²) in [4.78, 5) is 13.2. The van der Waals surface area contributed by atoms with Crippen LogP contribution in [0.3, 0.4) is 0 Å². The highest BCUT2D eigenvalue weighted by atomic mass is 35.5. The van der Waals surface area contributed by atoms with Gasteiger partial charge in [0.25, 0.3) is 5.82 Å². The van der Waals surface area contributed by atoms with Gasteiger partial charge in [-0.25, -0.2) is 14.7 Å². The summed E-state index contributed by atoms with van der Waals surface area (Å²) in [6, 6.07) is 6.98. The summed E-state index contributed by atoms with van der Waals surface area (Å²) in [6.07, 6.45) is 1.55. The van der Waals surface area contributed by atoms with Crippen molar-refractivity contribution in [2.45, 2.75) is 0 Å². The number of nitrogens with zero attached hydrogens (tertiary/aromatic N) is 1. The van der Waals surface area contributed by atoms with Gasteiger partial charge in [-0.2, -0.15) is 0 Å². The fourth-order valence-electron chi connectivity index (χ4n) is 1.32. The van der Waals surface area contributed by atoms with E-state index in [1.54, 1.807) is 6.20 Å². The molecule has 0 bridgehead atoms. The predicted molar refractivity (Wildman–Crippen MR) is 63.1 cm³/mol. The molecule has 0 radical (unpaired) electrons. The van der Waals surface area contributed by atoms with Crippen LogP contribution < -0.4 is 10.3 Å². The lowest BCUT2D eigenvalue weighted by Crippen LogP contribution is -2.08. The molecule has 0 aliphatic rings. The third-order valence-electron chi connectivity index (χ3n) is 2.09. The van der Waals surface area contributed by atoms with Crippen LogP contribution in [-0.4, -0.2) is 0 Å². The second-order valence-corrected chi connectivity index (χ2v) is 3.71. The van der Waals surface area contributed by atoms with Crippen molar-refractivity contribution in [3.63, 3.8) is 0 Å². The minimum absolute atomic E-state index is 0.263. The third kappa shape index (κ3) is 2.76. The number of nitrogens with one attached hydrogen (secondary N) is 2. The molecule has 0 aliphatic carbocycles. The number of hydrogen-bond donors (Lipinski definition) is 1. The molecule has 86 valence electrons. The summed E-state index contributed by atoms with van der Waals surface area (Å²) < 4.78 is 13.0. The van der Waals surface area contributed by atoms with Gasteiger partial charge in [0, 0.05) is 12.1 Å². The highest BCUT2D eigenvalue weighted by Gasteiger charge is 2.09. The molecule has 0 amide bonds. The number of aromatic amines is 1. The lowest BCUT2D eigenvalue weighted by molar-refractivity contribution is -0.360. The number of pyridine rings is 1. The van der Waals surface area contributed by atoms with E-state index in [-0.39, 0.29) is 5.69 Å². The zero-order valence-corrected chi connectivity index (χ0v) is 9.33. The first kappa shape index (κ1) is 11.5. The Bertz CT molecular complexity index is 562. The number of hydrogen-bond acceptors (Lipinski definition) is 3. The number of aromatic nitrogens is 1. The topological polar surface area (TPSA) is 55.6 Å². The molecule has 0 saturated carbocycles. The van der Waals surface area contributed by atoms with E-state index in [4.69, 9.17) is 11.6 Å². The molecule has 0 aliphatic heterocycles. The molecule has 2 N–H and O–H groups in total. The molecule has 1 aromatic carbocycles. The van der Waals surface area contributed by atoms with Crippen molar-refractivity contribution in [1.29, 1.82) is 0 Å². The smallest absolute Gasteiger partial charge is 0.247 e. The van der Waals surface area contributed by atoms with Crippen LogP contribution in [-0.2, 0) is 0 Å². The van der Waals surface area contributed by atoms with Crippen molar-refractivity contribution >= 4 is 28.8 Å². The normalized spacial score (nSPS) is 10.0. The molecular weight excluding hydrogens is 245 g/mol. The SMILES string of the molecule is O=Nc1cc[nH+]c(Nc2cc(F)ccc2Cl)c1. The van der Waals surface area contributed by atoms with Gasteiger partial charge in [0.15, 0.2) is 0 Å². The number of rotatable bonds is 3. The predicted octanol–water partition coefficient (Wildman–Crippen LogP) is 3.43. The highest BCUT2D eigenvalue weighted by molar-refractivity contribution is 6.33. The van der Waals surface area contributed by atoms with Gasteiger partial charge in [-0.3, -0.25) is 0 Å². The van der Waals surface area contributed by atoms with Crippen LogP contribution in [0, 0.1) is 10.7 Å². The van der Waals surface area contributed by atoms with Gasteiger partial charge >= 0.3 is 0 Å². The van der Waals surface area contributed by atoms with E-state index >= 15 is 0 Å². The first-order chi connectivity index (χ1) is 8.19. The minimum atomic E-state index is -0.401. The van der Waals surface area contributed by atoms with E-state index in [2.05, 4.69) is 15.5 Å². The van der Waals surface area contributed by atoms with Crippen molar-refractivity contribution < 1.29 is 9.37 Å². The van der Waals surface area contributed by atoms with Crippen molar-refractivity contribution in [3.8, 4) is 0 Å². The fourth-order valence-corrected chi connectivity index (χ4v) is 1.49. The molecule has 0 saturated heterocycles. The van der Waals surface area contributed by atoms with Gasteiger partial charge in [0.1, 0.15) is 17.2 Å². The fraction of sp³-hybridized carbons (Fsp3) is 0. The molecule has 4 nitrogen and oxygen atoms in total. The Morgan fingerprint density at radius 3 is 2.88 bits per heavy atom. The van der Waals surface area contributed by atoms with E-state index in [1.807, 2.05) is 0 Å². The number of anilines is 2. The molecule has 0 unspecified atom stereocenters. The molecular formula is C11H8ClFN3O+. The second-order valence-electron chi connectivity index (χ2n) is 3.30. The van der Waals surface area contributed by atoms with Crippen LogP contribution in [0.15, 0.2) is 41.7 Å². The monoisotopic (exact) mass is 252 g/mol. The average Bonchev–Trinajstić information content (AvgIpc) is 2.34. The third-order valence-corrected chi connectivity index (χ3v) is 2.42. The number of benzene rings is 1. The largest absolute Gasteiger partial charge is 0.279 e. The van der Waals surface area contributed by atoms with Crippen molar-refractivity contribution in [3.05, 3.63) is 52.3 Å². The molecule has 6 heteroatoms. The van der Waals surface area contributed by atoms with E-state index < -0.39 is 5.82 Å². The van der Waals surface area contributed by atoms with Gasteiger partial charge in [-0.15, -0.1) is 4.91 Å². The van der Waals surface area contributed by atoms with Gasteiger partial charge in [0.05, 0.1) is 17.3 Å². The molecule has 2 aromatic rings. The van der Waals surface area contributed by atoms with Crippen molar-refractivity contribution in [2.24, 2.45) is 5.18 Å². The number of H-pyrrole nitrogens is 1. The molecule has 0 spiro atoms. The average molecular weight is 253 g/mol. The number of nitroso groups, excluding NO2 is 1. The van der Waals surface area contributed by atoms with Crippen LogP contribution in [0.25, 0.3) is 0 Å². The Morgan fingerprint density at radius 2 is 2.12 bits per heavy atom. The maximum atomic E-state index is 13.0. The molecule has 1 aromatic heterocycles. The zero-order chi connectivity index (χ0) is 12.3. The lowest BCUT2D eigenvalue weighted by atomic mass is 10.3. The van der Waals surface area contributed by atoms with Crippen LogP contribution >= 0.6 is 11.6 Å². The Morgan fingerprint density at radius 1 is 1.29 bits per heavy atom. The van der Waals surface area contributed by atoms with Gasteiger partial charge in [-0.1, -0.05) is 11.6 Å². The van der Waals surface area contributed by atoms with E-state index in [0.717, 1.165) is 0 Å². The second kappa shape index (κ2) is 4.88. The summed E-state index contributed by atoms with van der Waals surface area (Å²) in [6.45, 7) is 0. The Hall–Kier alpha value is -2.01.